The largest absolute Gasteiger partial charge is 0.385 e. The van der Waals surface area contributed by atoms with Crippen LogP contribution in [0.2, 0.25) is 0 Å². The minimum atomic E-state index is 0.00405. The van der Waals surface area contributed by atoms with E-state index in [1.807, 2.05) is 12.1 Å². The van der Waals surface area contributed by atoms with Crippen molar-refractivity contribution in [2.45, 2.75) is 38.6 Å². The molecule has 0 bridgehead atoms. The van der Waals surface area contributed by atoms with Gasteiger partial charge in [-0.1, -0.05) is 12.1 Å². The summed E-state index contributed by atoms with van der Waals surface area (Å²) in [6, 6.07) is 12.8. The summed E-state index contributed by atoms with van der Waals surface area (Å²) in [6.07, 6.45) is 5.94. The van der Waals surface area contributed by atoms with Crippen LogP contribution >= 0.6 is 0 Å². The Morgan fingerprint density at radius 2 is 1.97 bits per heavy atom. The van der Waals surface area contributed by atoms with Crippen molar-refractivity contribution in [3.63, 3.8) is 0 Å². The van der Waals surface area contributed by atoms with Crippen LogP contribution in [0.4, 0.5) is 11.5 Å². The number of nitrogens with zero attached hydrogens (tertiary/aromatic N) is 1. The highest BCUT2D eigenvalue weighted by Crippen LogP contribution is 2.25. The fourth-order valence-corrected chi connectivity index (χ4v) is 4.15. The molecule has 0 unspecified atom stereocenters. The van der Waals surface area contributed by atoms with E-state index in [2.05, 4.69) is 52.1 Å². The van der Waals surface area contributed by atoms with Crippen LogP contribution in [-0.2, 0) is 9.53 Å². The molecule has 6 heteroatoms. The summed E-state index contributed by atoms with van der Waals surface area (Å²) < 4.78 is 5.44. The van der Waals surface area contributed by atoms with E-state index >= 15 is 0 Å². The summed E-state index contributed by atoms with van der Waals surface area (Å²) in [5, 5.41) is 9.95. The lowest BCUT2D eigenvalue weighted by molar-refractivity contribution is -0.120. The highest BCUT2D eigenvalue weighted by Gasteiger charge is 2.24. The monoisotopic (exact) mass is 408 g/mol. The summed E-state index contributed by atoms with van der Waals surface area (Å²) >= 11 is 0. The molecule has 0 aliphatic carbocycles. The van der Waals surface area contributed by atoms with Gasteiger partial charge in [-0.2, -0.15) is 0 Å². The molecule has 0 radical (unpaired) electrons. The van der Waals surface area contributed by atoms with Crippen LogP contribution in [0.5, 0.6) is 0 Å². The average Bonchev–Trinajstić information content (AvgIpc) is 2.79. The number of rotatable bonds is 6. The van der Waals surface area contributed by atoms with E-state index in [1.165, 1.54) is 0 Å². The first kappa shape index (κ1) is 20.8. The van der Waals surface area contributed by atoms with Gasteiger partial charge in [-0.05, 0) is 73.9 Å². The smallest absolute Gasteiger partial charge is 0.229 e. The number of hydrogen-bond donors (Lipinski definition) is 3. The molecule has 160 valence electrons. The average molecular weight is 409 g/mol. The Labute approximate surface area is 178 Å². The molecule has 2 fully saturated rings. The molecule has 1 aromatic carbocycles. The lowest BCUT2D eigenvalue weighted by Crippen LogP contribution is -2.41. The number of hydrogen-bond acceptors (Lipinski definition) is 5. The second-order valence-corrected chi connectivity index (χ2v) is 8.52. The Kier molecular flexibility index (Phi) is 6.97. The van der Waals surface area contributed by atoms with E-state index in [0.29, 0.717) is 17.8 Å². The van der Waals surface area contributed by atoms with E-state index in [0.717, 1.165) is 68.8 Å². The highest BCUT2D eigenvalue weighted by atomic mass is 16.5. The standard InChI is InChI=1S/C24H32N4O2/c1-17-5-6-21(16-26-17)24(29)28-23-14-20(7-10-25-23)19-3-2-4-22(13-19)27-15-18-8-11-30-12-9-18/h2-4,7,10,13-14,17-18,21,26-27H,5-6,8-9,11-12,15-16H2,1H3,(H,25,28,29)/t17-,21-/m1/s1. The molecular formula is C24H32N4O2. The maximum Gasteiger partial charge on any atom is 0.229 e. The topological polar surface area (TPSA) is 75.3 Å². The van der Waals surface area contributed by atoms with Gasteiger partial charge in [0.1, 0.15) is 5.82 Å². The van der Waals surface area contributed by atoms with E-state index in [1.54, 1.807) is 6.20 Å². The van der Waals surface area contributed by atoms with Crippen LogP contribution in [0.15, 0.2) is 42.6 Å². The van der Waals surface area contributed by atoms with E-state index in [-0.39, 0.29) is 11.8 Å². The van der Waals surface area contributed by atoms with Gasteiger partial charge >= 0.3 is 0 Å². The molecule has 3 heterocycles. The van der Waals surface area contributed by atoms with Gasteiger partial charge in [0.15, 0.2) is 0 Å². The summed E-state index contributed by atoms with van der Waals surface area (Å²) in [5.41, 5.74) is 3.27. The van der Waals surface area contributed by atoms with E-state index in [4.69, 9.17) is 4.74 Å². The molecule has 2 aromatic rings. The third kappa shape index (κ3) is 5.58. The molecule has 2 saturated heterocycles. The SMILES string of the molecule is C[C@@H]1CC[C@@H](C(=O)Nc2cc(-c3cccc(NCC4CCOCC4)c3)ccn2)CN1. The second kappa shape index (κ2) is 10.0. The number of pyridine rings is 1. The van der Waals surface area contributed by atoms with Crippen LogP contribution < -0.4 is 16.0 Å². The third-order valence-corrected chi connectivity index (χ3v) is 6.17. The van der Waals surface area contributed by atoms with E-state index < -0.39 is 0 Å². The predicted molar refractivity (Wildman–Crippen MR) is 121 cm³/mol. The first-order chi connectivity index (χ1) is 14.7. The highest BCUT2D eigenvalue weighted by molar-refractivity contribution is 5.92. The maximum atomic E-state index is 12.6. The summed E-state index contributed by atoms with van der Waals surface area (Å²) in [6.45, 7) is 5.60. The minimum Gasteiger partial charge on any atom is -0.385 e. The van der Waals surface area contributed by atoms with Gasteiger partial charge in [0, 0.05) is 44.2 Å². The van der Waals surface area contributed by atoms with Crippen molar-refractivity contribution >= 4 is 17.4 Å². The van der Waals surface area contributed by atoms with Crippen LogP contribution in [0.3, 0.4) is 0 Å². The number of aromatic nitrogens is 1. The van der Waals surface area contributed by atoms with Gasteiger partial charge in [-0.15, -0.1) is 0 Å². The molecular weight excluding hydrogens is 376 g/mol. The van der Waals surface area contributed by atoms with Gasteiger partial charge in [0.05, 0.1) is 5.92 Å². The Morgan fingerprint density at radius 1 is 1.13 bits per heavy atom. The van der Waals surface area contributed by atoms with Crippen LogP contribution in [-0.4, -0.2) is 43.2 Å². The van der Waals surface area contributed by atoms with Crippen molar-refractivity contribution in [2.24, 2.45) is 11.8 Å². The van der Waals surface area contributed by atoms with Crippen molar-refractivity contribution < 1.29 is 9.53 Å². The van der Waals surface area contributed by atoms with Crippen molar-refractivity contribution in [3.8, 4) is 11.1 Å². The molecule has 6 nitrogen and oxygen atoms in total. The van der Waals surface area contributed by atoms with Gasteiger partial charge in [0.2, 0.25) is 5.91 Å². The number of carbonyl (C=O) groups excluding carboxylic acids is 1. The van der Waals surface area contributed by atoms with Gasteiger partial charge in [-0.3, -0.25) is 4.79 Å². The molecule has 0 spiro atoms. The number of amides is 1. The second-order valence-electron chi connectivity index (χ2n) is 8.52. The number of anilines is 2. The van der Waals surface area contributed by atoms with E-state index in [9.17, 15) is 4.79 Å². The Balaban J connectivity index is 1.38. The quantitative estimate of drug-likeness (QED) is 0.676. The molecule has 1 amide bonds. The van der Waals surface area contributed by atoms with Crippen molar-refractivity contribution in [3.05, 3.63) is 42.6 Å². The lowest BCUT2D eigenvalue weighted by Gasteiger charge is -2.26. The fourth-order valence-electron chi connectivity index (χ4n) is 4.15. The number of ether oxygens (including phenoxy) is 1. The fraction of sp³-hybridized carbons (Fsp3) is 0.500. The zero-order valence-electron chi connectivity index (χ0n) is 17.7. The lowest BCUT2D eigenvalue weighted by atomic mass is 9.95. The number of carbonyl (C=O) groups is 1. The third-order valence-electron chi connectivity index (χ3n) is 6.17. The molecule has 3 N–H and O–H groups in total. The van der Waals surface area contributed by atoms with Crippen LogP contribution in [0.25, 0.3) is 11.1 Å². The minimum absolute atomic E-state index is 0.00405. The number of benzene rings is 1. The Morgan fingerprint density at radius 3 is 2.77 bits per heavy atom. The molecule has 2 atom stereocenters. The molecule has 1 aromatic heterocycles. The first-order valence-corrected chi connectivity index (χ1v) is 11.1. The zero-order valence-corrected chi connectivity index (χ0v) is 17.7. The van der Waals surface area contributed by atoms with Crippen molar-refractivity contribution in [1.29, 1.82) is 0 Å². The predicted octanol–water partition coefficient (Wildman–Crippen LogP) is 3.91. The van der Waals surface area contributed by atoms with Crippen LogP contribution in [0, 0.1) is 11.8 Å². The van der Waals surface area contributed by atoms with Crippen molar-refractivity contribution in [1.82, 2.24) is 10.3 Å². The molecule has 2 aliphatic rings. The Bertz CT molecular complexity index is 843. The van der Waals surface area contributed by atoms with Gasteiger partial charge < -0.3 is 20.7 Å². The number of nitrogens with one attached hydrogen (secondary N) is 3. The molecule has 30 heavy (non-hydrogen) atoms. The van der Waals surface area contributed by atoms with Crippen molar-refractivity contribution in [2.75, 3.05) is 36.9 Å². The summed E-state index contributed by atoms with van der Waals surface area (Å²) in [7, 11) is 0. The molecule has 2 aliphatic heterocycles. The summed E-state index contributed by atoms with van der Waals surface area (Å²) in [5.74, 6) is 1.33. The van der Waals surface area contributed by atoms with Gasteiger partial charge in [-0.25, -0.2) is 4.98 Å². The normalized spacial score (nSPS) is 22.4. The number of piperidine rings is 1. The maximum absolute atomic E-state index is 12.6. The van der Waals surface area contributed by atoms with Crippen LogP contribution in [0.1, 0.15) is 32.6 Å². The summed E-state index contributed by atoms with van der Waals surface area (Å²) in [4.78, 5) is 17.0. The molecule has 0 saturated carbocycles. The first-order valence-electron chi connectivity index (χ1n) is 11.1. The Hall–Kier alpha value is -2.44. The molecule has 4 rings (SSSR count). The van der Waals surface area contributed by atoms with Gasteiger partial charge in [0.25, 0.3) is 0 Å². The zero-order chi connectivity index (χ0) is 20.8.